The third kappa shape index (κ3) is 3.41. The van der Waals surface area contributed by atoms with E-state index >= 15 is 0 Å². The van der Waals surface area contributed by atoms with Crippen LogP contribution < -0.4 is 14.8 Å². The van der Waals surface area contributed by atoms with Crippen molar-refractivity contribution < 1.29 is 14.4 Å². The minimum atomic E-state index is -0.401. The molecule has 2 aromatic carbocycles. The summed E-state index contributed by atoms with van der Waals surface area (Å²) in [6.07, 6.45) is 0. The number of non-ortho nitro benzene ring substituents is 1. The number of nitro benzene ring substituents is 1. The lowest BCUT2D eigenvalue weighted by Gasteiger charge is -2.18. The Bertz CT molecular complexity index is 970. The Labute approximate surface area is 154 Å². The van der Waals surface area contributed by atoms with Crippen LogP contribution in [0.25, 0.3) is 10.2 Å². The number of nitro groups is 1. The summed E-state index contributed by atoms with van der Waals surface area (Å²) >= 11 is 1.39. The Morgan fingerprint density at radius 3 is 2.54 bits per heavy atom. The molecule has 1 aromatic heterocycles. The molecule has 3 aromatic rings. The molecule has 136 valence electrons. The lowest BCUT2D eigenvalue weighted by atomic mass is 10.0. The first-order chi connectivity index (χ1) is 12.4. The van der Waals surface area contributed by atoms with Gasteiger partial charge in [0.25, 0.3) is 5.69 Å². The van der Waals surface area contributed by atoms with Gasteiger partial charge in [-0.1, -0.05) is 11.3 Å². The van der Waals surface area contributed by atoms with Crippen LogP contribution >= 0.6 is 11.3 Å². The predicted molar refractivity (Wildman–Crippen MR) is 103 cm³/mol. The van der Waals surface area contributed by atoms with E-state index in [2.05, 4.69) is 10.3 Å². The first-order valence-corrected chi connectivity index (χ1v) is 8.78. The van der Waals surface area contributed by atoms with Crippen molar-refractivity contribution in [3.63, 3.8) is 0 Å². The van der Waals surface area contributed by atoms with E-state index in [1.54, 1.807) is 26.4 Å². The Balaban J connectivity index is 1.89. The fraction of sp³-hybridized carbons (Fsp3) is 0.278. The van der Waals surface area contributed by atoms with Crippen LogP contribution in [0.5, 0.6) is 11.5 Å². The molecule has 0 spiro atoms. The molecule has 1 heterocycles. The molecule has 0 saturated carbocycles. The Kier molecular flexibility index (Phi) is 4.94. The summed E-state index contributed by atoms with van der Waals surface area (Å²) < 4.78 is 11.5. The number of hydrogen-bond acceptors (Lipinski definition) is 7. The molecule has 0 bridgehead atoms. The van der Waals surface area contributed by atoms with E-state index in [9.17, 15) is 10.1 Å². The summed E-state index contributed by atoms with van der Waals surface area (Å²) in [5, 5.41) is 15.0. The van der Waals surface area contributed by atoms with Gasteiger partial charge in [-0.3, -0.25) is 10.1 Å². The van der Waals surface area contributed by atoms with Gasteiger partial charge in [-0.2, -0.15) is 0 Å². The van der Waals surface area contributed by atoms with Gasteiger partial charge in [0.05, 0.1) is 35.4 Å². The number of aryl methyl sites for hydroxylation is 1. The van der Waals surface area contributed by atoms with Crippen LogP contribution in [0.4, 0.5) is 10.8 Å². The van der Waals surface area contributed by atoms with Crippen molar-refractivity contribution in [2.45, 2.75) is 19.9 Å². The molecule has 3 rings (SSSR count). The largest absolute Gasteiger partial charge is 0.493 e. The highest BCUT2D eigenvalue weighted by molar-refractivity contribution is 7.22. The van der Waals surface area contributed by atoms with Gasteiger partial charge in [0, 0.05) is 12.1 Å². The summed E-state index contributed by atoms with van der Waals surface area (Å²) in [4.78, 5) is 15.0. The number of hydrogen-bond donors (Lipinski definition) is 1. The minimum absolute atomic E-state index is 0.0228. The monoisotopic (exact) mass is 373 g/mol. The highest BCUT2D eigenvalue weighted by Crippen LogP contribution is 2.35. The molecular weight excluding hydrogens is 354 g/mol. The number of methoxy groups -OCH3 is 2. The second-order valence-electron chi connectivity index (χ2n) is 5.86. The van der Waals surface area contributed by atoms with Crippen molar-refractivity contribution >= 4 is 32.4 Å². The number of nitrogens with one attached hydrogen (secondary N) is 1. The number of fused-ring (bicyclic) bond motifs is 1. The van der Waals surface area contributed by atoms with Crippen LogP contribution in [-0.2, 0) is 0 Å². The van der Waals surface area contributed by atoms with Gasteiger partial charge in [0.1, 0.15) is 0 Å². The lowest BCUT2D eigenvalue weighted by molar-refractivity contribution is -0.384. The highest BCUT2D eigenvalue weighted by Gasteiger charge is 2.16. The van der Waals surface area contributed by atoms with Crippen molar-refractivity contribution in [2.24, 2.45) is 0 Å². The van der Waals surface area contributed by atoms with E-state index in [-0.39, 0.29) is 11.7 Å². The summed E-state index contributed by atoms with van der Waals surface area (Å²) in [5.41, 5.74) is 2.93. The standard InChI is InChI=1S/C18H19N3O4S/c1-10-7-15(24-3)16(25-4)9-13(10)11(2)19-18-20-14-6-5-12(21(22)23)8-17(14)26-18/h5-9,11H,1-4H3,(H,19,20). The van der Waals surface area contributed by atoms with E-state index in [0.717, 1.165) is 21.3 Å². The zero-order chi connectivity index (χ0) is 18.8. The molecule has 7 nitrogen and oxygen atoms in total. The number of aromatic nitrogens is 1. The molecule has 0 amide bonds. The van der Waals surface area contributed by atoms with Gasteiger partial charge in [0.15, 0.2) is 16.6 Å². The summed E-state index contributed by atoms with van der Waals surface area (Å²) in [7, 11) is 3.22. The van der Waals surface area contributed by atoms with Crippen molar-refractivity contribution in [1.29, 1.82) is 0 Å². The Morgan fingerprint density at radius 1 is 1.19 bits per heavy atom. The van der Waals surface area contributed by atoms with E-state index in [1.807, 2.05) is 26.0 Å². The molecule has 0 aliphatic rings. The lowest BCUT2D eigenvalue weighted by Crippen LogP contribution is -2.08. The molecule has 0 saturated heterocycles. The summed E-state index contributed by atoms with van der Waals surface area (Å²) in [6, 6.07) is 8.54. The van der Waals surface area contributed by atoms with Crippen LogP contribution in [0.1, 0.15) is 24.1 Å². The zero-order valence-corrected chi connectivity index (χ0v) is 15.7. The van der Waals surface area contributed by atoms with E-state index in [4.69, 9.17) is 9.47 Å². The molecule has 1 N–H and O–H groups in total. The first-order valence-electron chi connectivity index (χ1n) is 7.97. The Hall–Kier alpha value is -2.87. The third-order valence-corrected chi connectivity index (χ3v) is 5.11. The maximum atomic E-state index is 10.9. The van der Waals surface area contributed by atoms with Crippen molar-refractivity contribution in [2.75, 3.05) is 19.5 Å². The zero-order valence-electron chi connectivity index (χ0n) is 14.9. The highest BCUT2D eigenvalue weighted by atomic mass is 32.1. The van der Waals surface area contributed by atoms with E-state index in [1.165, 1.54) is 17.4 Å². The normalized spacial score (nSPS) is 12.0. The maximum Gasteiger partial charge on any atom is 0.270 e. The molecular formula is C18H19N3O4S. The van der Waals surface area contributed by atoms with Crippen molar-refractivity contribution in [3.05, 3.63) is 51.6 Å². The van der Waals surface area contributed by atoms with Gasteiger partial charge < -0.3 is 14.8 Å². The molecule has 8 heteroatoms. The molecule has 26 heavy (non-hydrogen) atoms. The number of rotatable bonds is 6. The van der Waals surface area contributed by atoms with Crippen LogP contribution in [0.3, 0.4) is 0 Å². The predicted octanol–water partition coefficient (Wildman–Crippen LogP) is 4.70. The first kappa shape index (κ1) is 17.9. The van der Waals surface area contributed by atoms with Gasteiger partial charge in [0.2, 0.25) is 0 Å². The van der Waals surface area contributed by atoms with Crippen molar-refractivity contribution in [1.82, 2.24) is 4.98 Å². The fourth-order valence-electron chi connectivity index (χ4n) is 2.81. The van der Waals surface area contributed by atoms with Crippen LogP contribution in [0.15, 0.2) is 30.3 Å². The van der Waals surface area contributed by atoms with Gasteiger partial charge in [-0.05, 0) is 43.2 Å². The SMILES string of the molecule is COc1cc(C)c(C(C)Nc2nc3ccc([N+](=O)[O-])cc3s2)cc1OC. The second-order valence-corrected chi connectivity index (χ2v) is 6.89. The number of benzene rings is 2. The molecule has 0 aliphatic heterocycles. The van der Waals surface area contributed by atoms with E-state index in [0.29, 0.717) is 16.6 Å². The molecule has 1 unspecified atom stereocenters. The average molecular weight is 373 g/mol. The molecule has 1 atom stereocenters. The topological polar surface area (TPSA) is 86.5 Å². The average Bonchev–Trinajstić information content (AvgIpc) is 3.02. The Morgan fingerprint density at radius 2 is 1.88 bits per heavy atom. The number of nitrogens with zero attached hydrogens (tertiary/aromatic N) is 2. The number of thiazole rings is 1. The van der Waals surface area contributed by atoms with Crippen LogP contribution in [0, 0.1) is 17.0 Å². The van der Waals surface area contributed by atoms with Gasteiger partial charge >= 0.3 is 0 Å². The smallest absolute Gasteiger partial charge is 0.270 e. The number of anilines is 1. The van der Waals surface area contributed by atoms with Crippen LogP contribution in [-0.4, -0.2) is 24.1 Å². The maximum absolute atomic E-state index is 10.9. The van der Waals surface area contributed by atoms with Crippen LogP contribution in [0.2, 0.25) is 0 Å². The summed E-state index contributed by atoms with van der Waals surface area (Å²) in [5.74, 6) is 1.36. The molecule has 0 fully saturated rings. The quantitative estimate of drug-likeness (QED) is 0.498. The summed E-state index contributed by atoms with van der Waals surface area (Å²) in [6.45, 7) is 4.04. The number of ether oxygens (including phenoxy) is 2. The third-order valence-electron chi connectivity index (χ3n) is 4.16. The van der Waals surface area contributed by atoms with Crippen molar-refractivity contribution in [3.8, 4) is 11.5 Å². The van der Waals surface area contributed by atoms with E-state index < -0.39 is 4.92 Å². The fourth-order valence-corrected chi connectivity index (χ4v) is 3.80. The molecule has 0 aliphatic carbocycles. The molecule has 0 radical (unpaired) electrons. The minimum Gasteiger partial charge on any atom is -0.493 e. The van der Waals surface area contributed by atoms with Gasteiger partial charge in [-0.25, -0.2) is 4.98 Å². The second kappa shape index (κ2) is 7.17. The van der Waals surface area contributed by atoms with Gasteiger partial charge in [-0.15, -0.1) is 0 Å².